The molecule has 0 saturated carbocycles. The third kappa shape index (κ3) is 7.27. The van der Waals surface area contributed by atoms with Gasteiger partial charge in [-0.2, -0.15) is 15.4 Å². The monoisotopic (exact) mass is 623 g/mol. The van der Waals surface area contributed by atoms with Gasteiger partial charge in [-0.1, -0.05) is 101 Å². The minimum atomic E-state index is -0.127. The third-order valence-corrected chi connectivity index (χ3v) is 8.59. The molecule has 8 heteroatoms. The molecule has 6 rings (SSSR count). The number of H-pyrrole nitrogens is 4. The van der Waals surface area contributed by atoms with Gasteiger partial charge in [-0.3, -0.25) is 0 Å². The van der Waals surface area contributed by atoms with Crippen LogP contribution in [-0.2, 0) is 0 Å². The van der Waals surface area contributed by atoms with E-state index in [1.54, 1.807) is 6.33 Å². The fourth-order valence-corrected chi connectivity index (χ4v) is 6.48. The Kier molecular flexibility index (Phi) is 10.9. The van der Waals surface area contributed by atoms with Crippen molar-refractivity contribution in [3.63, 3.8) is 0 Å². The summed E-state index contributed by atoms with van der Waals surface area (Å²) in [6.45, 7) is 26.4. The van der Waals surface area contributed by atoms with E-state index in [-0.39, 0.29) is 5.69 Å². The van der Waals surface area contributed by atoms with E-state index in [0.29, 0.717) is 35.5 Å². The molecule has 6 aromatic rings. The van der Waals surface area contributed by atoms with E-state index in [4.69, 9.17) is 0 Å². The largest absolute Gasteiger partial charge is 0.345 e. The summed E-state index contributed by atoms with van der Waals surface area (Å²) < 4.78 is 0. The van der Waals surface area contributed by atoms with Crippen molar-refractivity contribution in [2.24, 2.45) is 0 Å². The maximum absolute atomic E-state index is 11.3. The van der Waals surface area contributed by atoms with Gasteiger partial charge >= 0.3 is 5.69 Å². The number of imidazole rings is 2. The third-order valence-electron chi connectivity index (χ3n) is 8.59. The van der Waals surface area contributed by atoms with Crippen molar-refractivity contribution in [2.75, 3.05) is 0 Å². The number of rotatable bonds is 6. The van der Waals surface area contributed by atoms with Gasteiger partial charge in [-0.25, -0.2) is 9.78 Å². The van der Waals surface area contributed by atoms with E-state index in [1.165, 1.54) is 33.4 Å². The predicted octanol–water partition coefficient (Wildman–Crippen LogP) is 10.1. The van der Waals surface area contributed by atoms with E-state index < -0.39 is 0 Å². The van der Waals surface area contributed by atoms with Crippen LogP contribution >= 0.6 is 0 Å². The molecule has 0 spiro atoms. The van der Waals surface area contributed by atoms with E-state index >= 15 is 0 Å². The van der Waals surface area contributed by atoms with Gasteiger partial charge in [0, 0.05) is 0 Å². The van der Waals surface area contributed by atoms with Crippen LogP contribution in [0.25, 0.3) is 33.1 Å². The number of aromatic nitrogens is 7. The summed E-state index contributed by atoms with van der Waals surface area (Å²) in [7, 11) is 0. The predicted molar refractivity (Wildman–Crippen MR) is 193 cm³/mol. The number of nitrogens with zero attached hydrogens (tertiary/aromatic N) is 3. The van der Waals surface area contributed by atoms with Gasteiger partial charge in [0.25, 0.3) is 0 Å². The smallest absolute Gasteiger partial charge is 0.323 e. The molecule has 0 aliphatic heterocycles. The highest BCUT2D eigenvalue weighted by molar-refractivity contribution is 5.81. The topological polar surface area (TPSA) is 119 Å². The molecule has 3 heterocycles. The van der Waals surface area contributed by atoms with Crippen LogP contribution in [0.1, 0.15) is 152 Å². The second-order valence-corrected chi connectivity index (χ2v) is 14.1. The minimum Gasteiger partial charge on any atom is -0.345 e. The van der Waals surface area contributed by atoms with Crippen molar-refractivity contribution >= 4 is 33.1 Å². The van der Waals surface area contributed by atoms with Crippen LogP contribution in [0.4, 0.5) is 0 Å². The summed E-state index contributed by atoms with van der Waals surface area (Å²) in [5, 5.41) is 11.1. The highest BCUT2D eigenvalue weighted by Gasteiger charge is 2.17. The second-order valence-electron chi connectivity index (χ2n) is 14.1. The number of aromatic amines is 4. The van der Waals surface area contributed by atoms with Gasteiger partial charge in [0.05, 0.1) is 28.4 Å². The molecule has 0 saturated heterocycles. The van der Waals surface area contributed by atoms with Gasteiger partial charge in [0.2, 0.25) is 0 Å². The molecule has 0 unspecified atom stereocenters. The van der Waals surface area contributed by atoms with Crippen molar-refractivity contribution in [1.82, 2.24) is 35.3 Å². The summed E-state index contributed by atoms with van der Waals surface area (Å²) in [6, 6.07) is 12.7. The normalized spacial score (nSPS) is 11.9. The molecule has 0 radical (unpaired) electrons. The molecule has 8 nitrogen and oxygen atoms in total. The Balaban J connectivity index is 0.000000157. The Morgan fingerprint density at radius 2 is 1.02 bits per heavy atom. The summed E-state index contributed by atoms with van der Waals surface area (Å²) in [5.41, 5.74) is 14.1. The van der Waals surface area contributed by atoms with Gasteiger partial charge in [0.15, 0.2) is 0 Å². The van der Waals surface area contributed by atoms with Crippen LogP contribution in [0.3, 0.4) is 0 Å². The van der Waals surface area contributed by atoms with Crippen LogP contribution < -0.4 is 5.69 Å². The lowest BCUT2D eigenvalue weighted by atomic mass is 9.89. The fourth-order valence-electron chi connectivity index (χ4n) is 6.48. The van der Waals surface area contributed by atoms with E-state index in [9.17, 15) is 4.79 Å². The Labute approximate surface area is 273 Å². The second kappa shape index (κ2) is 14.5. The zero-order valence-electron chi connectivity index (χ0n) is 29.8. The van der Waals surface area contributed by atoms with E-state index in [0.717, 1.165) is 33.1 Å². The van der Waals surface area contributed by atoms with E-state index in [2.05, 4.69) is 143 Å². The number of hydrogen-bond donors (Lipinski definition) is 4. The molecule has 0 amide bonds. The van der Waals surface area contributed by atoms with E-state index in [1.807, 2.05) is 12.1 Å². The van der Waals surface area contributed by atoms with Crippen LogP contribution in [0.15, 0.2) is 47.5 Å². The molecule has 0 aliphatic carbocycles. The maximum Gasteiger partial charge on any atom is 0.323 e. The molecular formula is C38H53N7O. The summed E-state index contributed by atoms with van der Waals surface area (Å²) in [5.74, 6) is 2.98. The van der Waals surface area contributed by atoms with Gasteiger partial charge in [-0.15, -0.1) is 0 Å². The van der Waals surface area contributed by atoms with Gasteiger partial charge in [-0.05, 0) is 87.1 Å². The summed E-state index contributed by atoms with van der Waals surface area (Å²) in [4.78, 5) is 24.6. The first-order chi connectivity index (χ1) is 21.7. The minimum absolute atomic E-state index is 0.127. The molecule has 0 bridgehead atoms. The zero-order valence-corrected chi connectivity index (χ0v) is 29.8. The molecule has 0 aliphatic rings. The number of hydrogen-bond acceptors (Lipinski definition) is 4. The standard InChI is InChI=1S/C13H18N2O.C13H18N2.C12H17N3/c1-7(2)9-5-6-10-12(11(9)8(3)4)15-13(16)14-10;1-8(2)10-5-6-11-13(15-7-14-11)12(10)9(3)4;1-7(2)9-5-6-10-12(14-15-13-10)11(9)8(3)4/h5-8H,1-4H3,(H2,14,15,16);5-9H,1-4H3,(H,14,15);5-8H,1-4H3,(H,13,14,15). The molecule has 0 atom stereocenters. The van der Waals surface area contributed by atoms with Crippen LogP contribution in [0.5, 0.6) is 0 Å². The fraction of sp³-hybridized carbons (Fsp3) is 0.474. The molecule has 3 aromatic carbocycles. The maximum atomic E-state index is 11.3. The van der Waals surface area contributed by atoms with Crippen LogP contribution in [0.2, 0.25) is 0 Å². The lowest BCUT2D eigenvalue weighted by Crippen LogP contribution is -2.01. The van der Waals surface area contributed by atoms with Gasteiger partial charge < -0.3 is 15.0 Å². The highest BCUT2D eigenvalue weighted by atomic mass is 16.1. The van der Waals surface area contributed by atoms with Crippen molar-refractivity contribution in [3.8, 4) is 0 Å². The molecule has 0 fully saturated rings. The van der Waals surface area contributed by atoms with Crippen molar-refractivity contribution in [2.45, 2.75) is 119 Å². The summed E-state index contributed by atoms with van der Waals surface area (Å²) >= 11 is 0. The highest BCUT2D eigenvalue weighted by Crippen LogP contribution is 2.33. The average Bonchev–Trinajstić information content (AvgIpc) is 3.74. The molecule has 246 valence electrons. The molecule has 3 aromatic heterocycles. The average molecular weight is 624 g/mol. The Morgan fingerprint density at radius 3 is 1.57 bits per heavy atom. The SMILES string of the molecule is CC(C)c1ccc2[nH]c(=O)[nH]c2c1C(C)C.CC(C)c1ccc2[nH]cnc2c1C(C)C.CC(C)c1ccc2n[nH]nc2c1C(C)C. The van der Waals surface area contributed by atoms with Crippen molar-refractivity contribution in [1.29, 1.82) is 0 Å². The first-order valence-electron chi connectivity index (χ1n) is 16.8. The quantitative estimate of drug-likeness (QED) is 0.148. The van der Waals surface area contributed by atoms with Crippen molar-refractivity contribution < 1.29 is 0 Å². The first kappa shape index (κ1) is 34.7. The Hall–Kier alpha value is -4.20. The number of benzene rings is 3. The molecule has 46 heavy (non-hydrogen) atoms. The Morgan fingerprint density at radius 1 is 0.522 bits per heavy atom. The van der Waals surface area contributed by atoms with Crippen LogP contribution in [-0.4, -0.2) is 35.3 Å². The lowest BCUT2D eigenvalue weighted by molar-refractivity contribution is 0.795. The van der Waals surface area contributed by atoms with Crippen LogP contribution in [0, 0.1) is 0 Å². The van der Waals surface area contributed by atoms with Gasteiger partial charge in [0.1, 0.15) is 11.0 Å². The summed E-state index contributed by atoms with van der Waals surface area (Å²) in [6.07, 6.45) is 1.78. The molecular weight excluding hydrogens is 570 g/mol. The zero-order chi connectivity index (χ0) is 33.9. The Bertz CT molecular complexity index is 1860. The lowest BCUT2D eigenvalue weighted by Gasteiger charge is -2.16. The van der Waals surface area contributed by atoms with Crippen molar-refractivity contribution in [3.05, 3.63) is 86.6 Å². The number of nitrogens with one attached hydrogen (secondary N) is 4. The number of fused-ring (bicyclic) bond motifs is 3. The first-order valence-corrected chi connectivity index (χ1v) is 16.8. The molecule has 4 N–H and O–H groups in total.